The van der Waals surface area contributed by atoms with Gasteiger partial charge in [-0.25, -0.2) is 0 Å². The quantitative estimate of drug-likeness (QED) is 0.389. The summed E-state index contributed by atoms with van der Waals surface area (Å²) in [7, 11) is 0. The molecule has 3 aromatic heterocycles. The molecular weight excluding hydrogens is 460 g/mol. The average Bonchev–Trinajstić information content (AvgIpc) is 3.50. The fourth-order valence-electron chi connectivity index (χ4n) is 3.96. The Labute approximate surface area is 188 Å². The summed E-state index contributed by atoms with van der Waals surface area (Å²) in [6, 6.07) is 22.2. The third kappa shape index (κ3) is 3.55. The zero-order valence-corrected chi connectivity index (χ0v) is 18.4. The first-order valence-electron chi connectivity index (χ1n) is 9.64. The van der Waals surface area contributed by atoms with Crippen LogP contribution in [-0.4, -0.2) is 19.6 Å². The maximum absolute atomic E-state index is 5.75. The number of hydrogen-bond acceptors (Lipinski definition) is 3. The number of nitrogens with zero attached hydrogens (tertiary/aromatic N) is 3. The molecule has 1 saturated heterocycles. The SMILES string of the molecule is S=C1N[C@H](c2ccccn2)[C@H](c2cccn2-c2cccc(Br)c2)N1Cc1ccco1. The van der Waals surface area contributed by atoms with Crippen molar-refractivity contribution in [3.8, 4) is 5.69 Å². The van der Waals surface area contributed by atoms with E-state index in [-0.39, 0.29) is 12.1 Å². The summed E-state index contributed by atoms with van der Waals surface area (Å²) in [6.45, 7) is 0.580. The first kappa shape index (κ1) is 19.1. The van der Waals surface area contributed by atoms with Gasteiger partial charge in [0.15, 0.2) is 5.11 Å². The third-order valence-corrected chi connectivity index (χ3v) is 6.12. The Morgan fingerprint density at radius 2 is 2.00 bits per heavy atom. The molecule has 0 bridgehead atoms. The molecule has 0 radical (unpaired) electrons. The summed E-state index contributed by atoms with van der Waals surface area (Å²) in [6.07, 6.45) is 5.59. The molecular formula is C23H19BrN4OS. The fourth-order valence-corrected chi connectivity index (χ4v) is 4.66. The zero-order chi connectivity index (χ0) is 20.5. The number of halogens is 1. The molecule has 2 atom stereocenters. The molecule has 7 heteroatoms. The van der Waals surface area contributed by atoms with Crippen LogP contribution in [0.4, 0.5) is 0 Å². The molecule has 4 aromatic rings. The van der Waals surface area contributed by atoms with Crippen LogP contribution >= 0.6 is 28.1 Å². The lowest BCUT2D eigenvalue weighted by Gasteiger charge is -2.28. The number of aromatic nitrogens is 2. The van der Waals surface area contributed by atoms with E-state index < -0.39 is 0 Å². The number of thiocarbonyl (C=S) groups is 1. The summed E-state index contributed by atoms with van der Waals surface area (Å²) in [5.74, 6) is 0.867. The number of furan rings is 1. The number of rotatable bonds is 5. The van der Waals surface area contributed by atoms with Crippen molar-refractivity contribution in [3.63, 3.8) is 0 Å². The van der Waals surface area contributed by atoms with Crippen molar-refractivity contribution in [2.75, 3.05) is 0 Å². The van der Waals surface area contributed by atoms with Gasteiger partial charge in [0.25, 0.3) is 0 Å². The molecule has 4 heterocycles. The number of nitrogens with one attached hydrogen (secondary N) is 1. The third-order valence-electron chi connectivity index (χ3n) is 5.27. The largest absolute Gasteiger partial charge is 0.467 e. The molecule has 1 aliphatic rings. The first-order valence-corrected chi connectivity index (χ1v) is 10.8. The van der Waals surface area contributed by atoms with Gasteiger partial charge in [0.1, 0.15) is 5.76 Å². The second-order valence-corrected chi connectivity index (χ2v) is 8.42. The molecule has 1 N–H and O–H groups in total. The molecule has 0 saturated carbocycles. The van der Waals surface area contributed by atoms with Crippen LogP contribution in [0.3, 0.4) is 0 Å². The monoisotopic (exact) mass is 478 g/mol. The van der Waals surface area contributed by atoms with E-state index in [9.17, 15) is 0 Å². The summed E-state index contributed by atoms with van der Waals surface area (Å²) < 4.78 is 8.86. The van der Waals surface area contributed by atoms with Crippen molar-refractivity contribution in [3.05, 3.63) is 107 Å². The minimum atomic E-state index is -0.0746. The molecule has 5 nitrogen and oxygen atoms in total. The van der Waals surface area contributed by atoms with Crippen molar-refractivity contribution < 1.29 is 4.42 Å². The van der Waals surface area contributed by atoms with Crippen LogP contribution in [-0.2, 0) is 6.54 Å². The molecule has 0 unspecified atom stereocenters. The maximum Gasteiger partial charge on any atom is 0.170 e. The lowest BCUT2D eigenvalue weighted by atomic mass is 10.0. The summed E-state index contributed by atoms with van der Waals surface area (Å²) in [4.78, 5) is 6.79. The van der Waals surface area contributed by atoms with Crippen molar-refractivity contribution in [2.45, 2.75) is 18.6 Å². The molecule has 1 aliphatic heterocycles. The lowest BCUT2D eigenvalue weighted by Crippen LogP contribution is -2.29. The predicted octanol–water partition coefficient (Wildman–Crippen LogP) is 5.40. The lowest BCUT2D eigenvalue weighted by molar-refractivity contribution is 0.280. The molecule has 0 aliphatic carbocycles. The Balaban J connectivity index is 1.61. The summed E-state index contributed by atoms with van der Waals surface area (Å²) in [5, 5.41) is 4.18. The maximum atomic E-state index is 5.75. The highest BCUT2D eigenvalue weighted by Gasteiger charge is 2.41. The van der Waals surface area contributed by atoms with Gasteiger partial charge in [-0.1, -0.05) is 28.1 Å². The topological polar surface area (TPSA) is 46.2 Å². The Morgan fingerprint density at radius 3 is 2.77 bits per heavy atom. The van der Waals surface area contributed by atoms with Crippen LogP contribution in [0.2, 0.25) is 0 Å². The molecule has 30 heavy (non-hydrogen) atoms. The van der Waals surface area contributed by atoms with Gasteiger partial charge < -0.3 is 19.2 Å². The van der Waals surface area contributed by atoms with Gasteiger partial charge in [-0.3, -0.25) is 4.98 Å². The zero-order valence-electron chi connectivity index (χ0n) is 16.0. The highest BCUT2D eigenvalue weighted by atomic mass is 79.9. The molecule has 150 valence electrons. The van der Waals surface area contributed by atoms with Crippen LogP contribution in [0.25, 0.3) is 5.69 Å². The van der Waals surface area contributed by atoms with Gasteiger partial charge in [0.2, 0.25) is 0 Å². The molecule has 0 spiro atoms. The Morgan fingerprint density at radius 1 is 1.07 bits per heavy atom. The highest BCUT2D eigenvalue weighted by molar-refractivity contribution is 9.10. The van der Waals surface area contributed by atoms with E-state index in [4.69, 9.17) is 16.6 Å². The van der Waals surface area contributed by atoms with Crippen LogP contribution in [0, 0.1) is 0 Å². The summed E-state index contributed by atoms with van der Waals surface area (Å²) in [5.41, 5.74) is 3.16. The van der Waals surface area contributed by atoms with Crippen LogP contribution < -0.4 is 5.32 Å². The van der Waals surface area contributed by atoms with Crippen LogP contribution in [0.1, 0.15) is 29.2 Å². The van der Waals surface area contributed by atoms with Crippen LogP contribution in [0.5, 0.6) is 0 Å². The minimum Gasteiger partial charge on any atom is -0.467 e. The average molecular weight is 479 g/mol. The van der Waals surface area contributed by atoms with Gasteiger partial charge >= 0.3 is 0 Å². The van der Waals surface area contributed by atoms with Crippen LogP contribution in [0.15, 0.2) is 94.3 Å². The standard InChI is InChI=1S/C23H19BrN4OS/c24-16-6-3-7-17(14-16)27-12-4-10-20(27)22-21(19-9-1-2-11-25-19)26-23(30)28(22)15-18-8-5-13-29-18/h1-14,21-22H,15H2,(H,26,30)/t21-,22+/m1/s1. The van der Waals surface area contributed by atoms with E-state index >= 15 is 0 Å². The van der Waals surface area contributed by atoms with Gasteiger partial charge in [-0.15, -0.1) is 0 Å². The molecule has 5 rings (SSSR count). The van der Waals surface area contributed by atoms with Crippen molar-refractivity contribution in [2.24, 2.45) is 0 Å². The van der Waals surface area contributed by atoms with E-state index in [0.717, 1.165) is 27.3 Å². The van der Waals surface area contributed by atoms with Crippen molar-refractivity contribution in [1.82, 2.24) is 19.8 Å². The second kappa shape index (κ2) is 8.08. The Bertz CT molecular complexity index is 1160. The van der Waals surface area contributed by atoms with Crippen molar-refractivity contribution >= 4 is 33.3 Å². The van der Waals surface area contributed by atoms with E-state index in [1.165, 1.54) is 0 Å². The van der Waals surface area contributed by atoms with Gasteiger partial charge in [0.05, 0.1) is 30.6 Å². The molecule has 1 fully saturated rings. The van der Waals surface area contributed by atoms with Crippen molar-refractivity contribution in [1.29, 1.82) is 0 Å². The second-order valence-electron chi connectivity index (χ2n) is 7.12. The minimum absolute atomic E-state index is 0.0496. The Hall–Kier alpha value is -2.90. The normalized spacial score (nSPS) is 18.6. The molecule has 1 aromatic carbocycles. The van der Waals surface area contributed by atoms with E-state index in [2.05, 4.69) is 66.2 Å². The highest BCUT2D eigenvalue weighted by Crippen LogP contribution is 2.40. The Kier molecular flexibility index (Phi) is 5.14. The summed E-state index contributed by atoms with van der Waals surface area (Å²) >= 11 is 9.34. The fraction of sp³-hybridized carbons (Fsp3) is 0.130. The van der Waals surface area contributed by atoms with E-state index in [1.54, 1.807) is 6.26 Å². The smallest absolute Gasteiger partial charge is 0.170 e. The predicted molar refractivity (Wildman–Crippen MR) is 123 cm³/mol. The van der Waals surface area contributed by atoms with Gasteiger partial charge in [-0.05, 0) is 66.8 Å². The van der Waals surface area contributed by atoms with Gasteiger partial charge in [0, 0.05) is 28.2 Å². The van der Waals surface area contributed by atoms with Gasteiger partial charge in [-0.2, -0.15) is 0 Å². The number of hydrogen-bond donors (Lipinski definition) is 1. The first-order chi connectivity index (χ1) is 14.7. The molecule has 0 amide bonds. The number of pyridine rings is 1. The van der Waals surface area contributed by atoms with E-state index in [1.807, 2.05) is 48.7 Å². The number of benzene rings is 1. The van der Waals surface area contributed by atoms with E-state index in [0.29, 0.717) is 11.7 Å².